The molecule has 0 bridgehead atoms. The van der Waals surface area contributed by atoms with Crippen LogP contribution in [0.1, 0.15) is 58.8 Å². The molecule has 0 aromatic carbocycles. The van der Waals surface area contributed by atoms with E-state index in [1.807, 2.05) is 6.08 Å². The number of hydrogen-bond donors (Lipinski definition) is 1. The quantitative estimate of drug-likeness (QED) is 0.298. The Morgan fingerprint density at radius 2 is 1.86 bits per heavy atom. The zero-order chi connectivity index (χ0) is 21.6. The average Bonchev–Trinajstić information content (AvgIpc) is 3.44. The van der Waals surface area contributed by atoms with Crippen LogP contribution in [0.15, 0.2) is 60.8 Å². The molecule has 4 heteroatoms. The minimum absolute atomic E-state index is 0.239. The van der Waals surface area contributed by atoms with Crippen LogP contribution in [0.4, 0.5) is 0 Å². The Hall–Kier alpha value is -1.91. The van der Waals surface area contributed by atoms with Gasteiger partial charge in [0.05, 0.1) is 0 Å². The number of aliphatic hydroxyl groups excluding tert-OH is 1. The molecular weight excluding hydrogens is 364 g/mol. The molecule has 0 radical (unpaired) electrons. The summed E-state index contributed by atoms with van der Waals surface area (Å²) in [6.07, 6.45) is 7.21. The van der Waals surface area contributed by atoms with E-state index in [0.717, 1.165) is 29.6 Å². The summed E-state index contributed by atoms with van der Waals surface area (Å²) >= 11 is 0. The van der Waals surface area contributed by atoms with Gasteiger partial charge in [0.2, 0.25) is 0 Å². The fourth-order valence-corrected chi connectivity index (χ4v) is 3.50. The third kappa shape index (κ3) is 7.45. The van der Waals surface area contributed by atoms with Gasteiger partial charge in [0, 0.05) is 12.8 Å². The van der Waals surface area contributed by atoms with E-state index >= 15 is 0 Å². The van der Waals surface area contributed by atoms with E-state index in [2.05, 4.69) is 46.2 Å². The van der Waals surface area contributed by atoms with Gasteiger partial charge in [-0.3, -0.25) is 4.79 Å². The topological polar surface area (TPSA) is 59.1 Å². The fraction of sp³-hybridized carbons (Fsp3) is 0.560. The van der Waals surface area contributed by atoms with Crippen molar-refractivity contribution < 1.29 is 19.4 Å². The van der Waals surface area contributed by atoms with Crippen LogP contribution in [-0.4, -0.2) is 35.5 Å². The molecule has 2 saturated heterocycles. The summed E-state index contributed by atoms with van der Waals surface area (Å²) in [6.45, 7) is 20.6. The maximum absolute atomic E-state index is 12.4. The Balaban J connectivity index is 2.06. The van der Waals surface area contributed by atoms with E-state index in [-0.39, 0.29) is 30.7 Å². The Labute approximate surface area is 175 Å². The number of allylic oxidation sites excluding steroid dienone is 3. The molecule has 0 aliphatic carbocycles. The van der Waals surface area contributed by atoms with E-state index in [4.69, 9.17) is 9.47 Å². The molecule has 29 heavy (non-hydrogen) atoms. The highest BCUT2D eigenvalue weighted by Crippen LogP contribution is 2.37. The average molecular weight is 401 g/mol. The van der Waals surface area contributed by atoms with Crippen molar-refractivity contribution in [1.29, 1.82) is 0 Å². The van der Waals surface area contributed by atoms with Gasteiger partial charge >= 0.3 is 5.97 Å². The van der Waals surface area contributed by atoms with Crippen LogP contribution in [0.3, 0.4) is 0 Å². The standard InChI is InChI=1S/C25H36O4/c1-16(2)10-8-7-9-11-21-15-20(6)24-25(29-24)23(27)19(5)14-18(4)17(3)12-13-22(26)28-21/h9,11,16,21,23-25,27H,3-8,10,12-15H2,1-2H3/b11-9+/t21-,23+,24-,25-/m0/s1. The Morgan fingerprint density at radius 3 is 2.55 bits per heavy atom. The van der Waals surface area contributed by atoms with Crippen LogP contribution < -0.4 is 0 Å². The second kappa shape index (κ2) is 10.7. The number of hydrogen-bond acceptors (Lipinski definition) is 4. The van der Waals surface area contributed by atoms with Crippen molar-refractivity contribution in [3.8, 4) is 0 Å². The summed E-state index contributed by atoms with van der Waals surface area (Å²) in [5.41, 5.74) is 3.03. The normalized spacial score (nSPS) is 29.7. The number of carbonyl (C=O) groups is 1. The molecule has 0 aromatic rings. The molecule has 4 atom stereocenters. The maximum Gasteiger partial charge on any atom is 0.306 e. The van der Waals surface area contributed by atoms with Gasteiger partial charge in [0.1, 0.15) is 24.4 Å². The highest BCUT2D eigenvalue weighted by molar-refractivity contribution is 5.70. The number of epoxide rings is 1. The monoisotopic (exact) mass is 400 g/mol. The molecule has 2 aliphatic rings. The first-order valence-electron chi connectivity index (χ1n) is 10.6. The lowest BCUT2D eigenvalue weighted by Crippen LogP contribution is -2.23. The van der Waals surface area contributed by atoms with Crippen LogP contribution in [-0.2, 0) is 14.3 Å². The summed E-state index contributed by atoms with van der Waals surface area (Å²) in [7, 11) is 0. The molecule has 4 nitrogen and oxygen atoms in total. The van der Waals surface area contributed by atoms with E-state index in [1.165, 1.54) is 6.42 Å². The smallest absolute Gasteiger partial charge is 0.306 e. The van der Waals surface area contributed by atoms with E-state index in [9.17, 15) is 9.90 Å². The number of esters is 1. The zero-order valence-electron chi connectivity index (χ0n) is 18.0. The minimum atomic E-state index is -0.767. The largest absolute Gasteiger partial charge is 0.458 e. The molecule has 2 rings (SSSR count). The molecular formula is C25H36O4. The molecule has 0 saturated carbocycles. The van der Waals surface area contributed by atoms with Gasteiger partial charge < -0.3 is 14.6 Å². The van der Waals surface area contributed by atoms with Crippen molar-refractivity contribution in [1.82, 2.24) is 0 Å². The van der Waals surface area contributed by atoms with Crippen molar-refractivity contribution in [2.75, 3.05) is 0 Å². The predicted octanol–water partition coefficient (Wildman–Crippen LogP) is 5.21. The SMILES string of the molecule is C=C1CCC(=O)O[C@@H](/C=C/CCCC(C)C)CC(=C)[C@@H]2O[C@H]2[C@H](O)C(=C)CC1=C. The number of ether oxygens (including phenoxy) is 2. The summed E-state index contributed by atoms with van der Waals surface area (Å²) < 4.78 is 11.4. The Bertz CT molecular complexity index is 685. The predicted molar refractivity (Wildman–Crippen MR) is 117 cm³/mol. The third-order valence-electron chi connectivity index (χ3n) is 5.48. The minimum Gasteiger partial charge on any atom is -0.458 e. The van der Waals surface area contributed by atoms with Gasteiger partial charge in [0.25, 0.3) is 0 Å². The van der Waals surface area contributed by atoms with Gasteiger partial charge in [-0.1, -0.05) is 58.2 Å². The summed E-state index contributed by atoms with van der Waals surface area (Å²) in [5.74, 6) is 0.427. The first-order chi connectivity index (χ1) is 13.7. The molecule has 160 valence electrons. The lowest BCUT2D eigenvalue weighted by atomic mass is 9.92. The highest BCUT2D eigenvalue weighted by atomic mass is 16.6. The van der Waals surface area contributed by atoms with Crippen molar-refractivity contribution in [2.24, 2.45) is 5.92 Å². The van der Waals surface area contributed by atoms with Gasteiger partial charge in [-0.05, 0) is 54.4 Å². The molecule has 1 N–H and O–H groups in total. The molecule has 2 aliphatic heterocycles. The summed E-state index contributed by atoms with van der Waals surface area (Å²) in [4.78, 5) is 12.4. The molecule has 0 aromatic heterocycles. The van der Waals surface area contributed by atoms with E-state index in [0.29, 0.717) is 30.8 Å². The third-order valence-corrected chi connectivity index (χ3v) is 5.48. The maximum atomic E-state index is 12.4. The zero-order valence-corrected chi connectivity index (χ0v) is 18.0. The van der Waals surface area contributed by atoms with Gasteiger partial charge in [-0.2, -0.15) is 0 Å². The number of aliphatic hydroxyl groups is 1. The van der Waals surface area contributed by atoms with Crippen LogP contribution in [0.5, 0.6) is 0 Å². The van der Waals surface area contributed by atoms with Crippen LogP contribution >= 0.6 is 0 Å². The van der Waals surface area contributed by atoms with Crippen molar-refractivity contribution >= 4 is 5.97 Å². The van der Waals surface area contributed by atoms with Gasteiger partial charge in [-0.15, -0.1) is 0 Å². The van der Waals surface area contributed by atoms with Crippen LogP contribution in [0, 0.1) is 5.92 Å². The van der Waals surface area contributed by atoms with Gasteiger partial charge in [-0.25, -0.2) is 0 Å². The van der Waals surface area contributed by atoms with Crippen LogP contribution in [0.25, 0.3) is 0 Å². The van der Waals surface area contributed by atoms with Gasteiger partial charge in [0.15, 0.2) is 0 Å². The van der Waals surface area contributed by atoms with E-state index in [1.54, 1.807) is 0 Å². The molecule has 2 fully saturated rings. The Kier molecular flexibility index (Phi) is 8.66. The fourth-order valence-electron chi connectivity index (χ4n) is 3.50. The van der Waals surface area contributed by atoms with Crippen molar-refractivity contribution in [2.45, 2.75) is 83.2 Å². The number of fused-ring (bicyclic) bond motifs is 1. The van der Waals surface area contributed by atoms with Crippen LogP contribution in [0.2, 0.25) is 0 Å². The molecule has 2 heterocycles. The van der Waals surface area contributed by atoms with Crippen molar-refractivity contribution in [3.63, 3.8) is 0 Å². The first-order valence-corrected chi connectivity index (χ1v) is 10.6. The summed E-state index contributed by atoms with van der Waals surface area (Å²) in [6, 6.07) is 0. The number of unbranched alkanes of at least 4 members (excludes halogenated alkanes) is 1. The lowest BCUT2D eigenvalue weighted by Gasteiger charge is -2.18. The second-order valence-corrected chi connectivity index (χ2v) is 8.65. The lowest BCUT2D eigenvalue weighted by molar-refractivity contribution is -0.146. The second-order valence-electron chi connectivity index (χ2n) is 8.65. The number of cyclic esters (lactones) is 1. The Morgan fingerprint density at radius 1 is 1.14 bits per heavy atom. The molecule has 0 spiro atoms. The first kappa shape index (κ1) is 23.4. The number of carbonyl (C=O) groups excluding carboxylic acids is 1. The van der Waals surface area contributed by atoms with Crippen molar-refractivity contribution in [3.05, 3.63) is 60.8 Å². The number of rotatable bonds is 5. The molecule has 0 unspecified atom stereocenters. The molecule has 0 amide bonds. The highest BCUT2D eigenvalue weighted by Gasteiger charge is 2.47. The summed E-state index contributed by atoms with van der Waals surface area (Å²) in [5, 5.41) is 10.5. The van der Waals surface area contributed by atoms with E-state index < -0.39 is 6.10 Å².